The predicted molar refractivity (Wildman–Crippen MR) is 266 cm³/mol. The van der Waals surface area contributed by atoms with E-state index in [9.17, 15) is 0 Å². The lowest BCUT2D eigenvalue weighted by Gasteiger charge is -2.26. The van der Waals surface area contributed by atoms with Gasteiger partial charge in [-0.15, -0.1) is 0 Å². The molecule has 0 aliphatic carbocycles. The maximum Gasteiger partial charge on any atom is 0.160 e. The summed E-state index contributed by atoms with van der Waals surface area (Å²) in [6.07, 6.45) is 0. The minimum Gasteiger partial charge on any atom is -0.454 e. The third-order valence-electron chi connectivity index (χ3n) is 13.2. The number of rotatable bonds is 5. The molecule has 0 saturated heterocycles. The van der Waals surface area contributed by atoms with Crippen molar-refractivity contribution in [1.29, 1.82) is 0 Å². The van der Waals surface area contributed by atoms with E-state index in [4.69, 9.17) is 13.3 Å². The molecule has 4 nitrogen and oxygen atoms in total. The van der Waals surface area contributed by atoms with Crippen LogP contribution in [0.1, 0.15) is 0 Å². The highest BCUT2D eigenvalue weighted by Crippen LogP contribution is 2.52. The van der Waals surface area contributed by atoms with Crippen LogP contribution in [0.3, 0.4) is 0 Å². The van der Waals surface area contributed by atoms with Gasteiger partial charge in [-0.3, -0.25) is 4.90 Å². The fraction of sp³-hybridized carbons (Fsp3) is 0. The number of nitrogens with zero attached hydrogens (tertiary/aromatic N) is 1. The molecule has 14 rings (SSSR count). The lowest BCUT2D eigenvalue weighted by atomic mass is 9.96. The summed E-state index contributed by atoms with van der Waals surface area (Å²) in [6.45, 7) is 0. The molecule has 0 unspecified atom stereocenters. The van der Waals surface area contributed by atoms with Crippen molar-refractivity contribution in [2.45, 2.75) is 0 Å². The van der Waals surface area contributed by atoms with Crippen molar-refractivity contribution in [3.05, 3.63) is 212 Å². The largest absolute Gasteiger partial charge is 0.454 e. The van der Waals surface area contributed by atoms with Gasteiger partial charge in [0, 0.05) is 43.4 Å². The van der Waals surface area contributed by atoms with E-state index in [1.54, 1.807) is 0 Å². The van der Waals surface area contributed by atoms with E-state index in [1.807, 2.05) is 6.07 Å². The van der Waals surface area contributed by atoms with E-state index in [1.165, 1.54) is 0 Å². The lowest BCUT2D eigenvalue weighted by Crippen LogP contribution is -2.11. The maximum absolute atomic E-state index is 7.36. The summed E-state index contributed by atoms with van der Waals surface area (Å²) in [7, 11) is 0. The van der Waals surface area contributed by atoms with Crippen molar-refractivity contribution >= 4 is 115 Å². The Kier molecular flexibility index (Phi) is 7.36. The van der Waals surface area contributed by atoms with Crippen molar-refractivity contribution in [1.82, 2.24) is 0 Å². The Morgan fingerprint density at radius 2 is 0.672 bits per heavy atom. The second kappa shape index (κ2) is 13.4. The molecule has 0 bridgehead atoms. The Morgan fingerprint density at radius 1 is 0.266 bits per heavy atom. The Morgan fingerprint density at radius 3 is 1.19 bits per heavy atom. The number of anilines is 3. The average molecular weight is 818 g/mol. The van der Waals surface area contributed by atoms with Crippen LogP contribution in [-0.4, -0.2) is 0 Å². The van der Waals surface area contributed by atoms with Crippen molar-refractivity contribution < 1.29 is 13.3 Å². The first-order chi connectivity index (χ1) is 31.8. The summed E-state index contributed by atoms with van der Waals surface area (Å²) in [5, 5.41) is 13.2. The van der Waals surface area contributed by atoms with Crippen LogP contribution < -0.4 is 4.90 Å². The van der Waals surface area contributed by atoms with Gasteiger partial charge < -0.3 is 13.3 Å². The van der Waals surface area contributed by atoms with Crippen LogP contribution in [-0.2, 0) is 0 Å². The van der Waals surface area contributed by atoms with Gasteiger partial charge in [-0.05, 0) is 79.8 Å². The molecule has 0 spiro atoms. The number of furan rings is 3. The van der Waals surface area contributed by atoms with Crippen LogP contribution in [0.4, 0.5) is 17.1 Å². The molecule has 298 valence electrons. The summed E-state index contributed by atoms with van der Waals surface area (Å²) >= 11 is 0. The van der Waals surface area contributed by atoms with Crippen LogP contribution in [0.5, 0.6) is 0 Å². The first-order valence-electron chi connectivity index (χ1n) is 21.7. The highest BCUT2D eigenvalue weighted by molar-refractivity contribution is 6.28. The summed E-state index contributed by atoms with van der Waals surface area (Å²) in [5.41, 5.74) is 11.8. The molecule has 3 aromatic heterocycles. The maximum atomic E-state index is 7.36. The smallest absolute Gasteiger partial charge is 0.160 e. The van der Waals surface area contributed by atoms with Crippen molar-refractivity contribution in [2.24, 2.45) is 0 Å². The highest BCUT2D eigenvalue weighted by atomic mass is 16.3. The van der Waals surface area contributed by atoms with Crippen LogP contribution in [0.25, 0.3) is 120 Å². The molecule has 0 radical (unpaired) electrons. The zero-order chi connectivity index (χ0) is 41.9. The number of hydrogen-bond acceptors (Lipinski definition) is 4. The SMILES string of the molecule is c1ccc(-c2cc3ccccc3c3c2oc2c(N(c4cccc5c4oc4c(-c6ccccc6)cc6ccccc6c45)c4cc5ccccc5c5c4oc4ccccc45)cccc23)cc1. The fourth-order valence-corrected chi connectivity index (χ4v) is 10.4. The Hall–Kier alpha value is -8.60. The zero-order valence-corrected chi connectivity index (χ0v) is 34.4. The monoisotopic (exact) mass is 817 g/mol. The van der Waals surface area contributed by atoms with Gasteiger partial charge >= 0.3 is 0 Å². The van der Waals surface area contributed by atoms with Crippen LogP contribution in [0.15, 0.2) is 226 Å². The minimum atomic E-state index is 0.770. The summed E-state index contributed by atoms with van der Waals surface area (Å²) in [5.74, 6) is 0. The Balaban J connectivity index is 1.16. The molecular weight excluding hydrogens is 783 g/mol. The minimum absolute atomic E-state index is 0.770. The van der Waals surface area contributed by atoms with E-state index in [0.29, 0.717) is 0 Å². The second-order valence-corrected chi connectivity index (χ2v) is 16.7. The molecule has 0 aliphatic rings. The second-order valence-electron chi connectivity index (χ2n) is 16.7. The highest BCUT2D eigenvalue weighted by Gasteiger charge is 2.29. The summed E-state index contributed by atoms with van der Waals surface area (Å²) < 4.78 is 21.7. The van der Waals surface area contributed by atoms with Gasteiger partial charge in [0.1, 0.15) is 16.7 Å². The number of fused-ring (bicyclic) bond motifs is 15. The molecule has 0 fully saturated rings. The molecule has 64 heavy (non-hydrogen) atoms. The zero-order valence-electron chi connectivity index (χ0n) is 34.4. The molecular formula is C60H35NO3. The quantitative estimate of drug-likeness (QED) is 0.173. The normalized spacial score (nSPS) is 12.1. The van der Waals surface area contributed by atoms with Gasteiger partial charge in [0.05, 0.1) is 17.1 Å². The van der Waals surface area contributed by atoms with Gasteiger partial charge in [-0.25, -0.2) is 0 Å². The lowest BCUT2D eigenvalue weighted by molar-refractivity contribution is 0.664. The molecule has 14 aromatic rings. The van der Waals surface area contributed by atoms with E-state index in [-0.39, 0.29) is 0 Å². The van der Waals surface area contributed by atoms with E-state index >= 15 is 0 Å². The first-order valence-corrected chi connectivity index (χ1v) is 21.7. The van der Waals surface area contributed by atoms with Crippen molar-refractivity contribution in [3.63, 3.8) is 0 Å². The van der Waals surface area contributed by atoms with Gasteiger partial charge in [0.15, 0.2) is 16.7 Å². The van der Waals surface area contributed by atoms with Crippen LogP contribution in [0, 0.1) is 0 Å². The van der Waals surface area contributed by atoms with E-state index in [2.05, 4.69) is 211 Å². The molecule has 0 aliphatic heterocycles. The number of benzene rings is 11. The van der Waals surface area contributed by atoms with Crippen LogP contribution >= 0.6 is 0 Å². The molecule has 11 aromatic carbocycles. The molecule has 0 N–H and O–H groups in total. The molecule has 0 saturated carbocycles. The standard InChI is InChI=1S/C60H35NO3/c1-3-17-36(18-4-1)47-33-38-21-7-10-24-41(38)54-45-28-15-30-49(56(45)63-58(47)54)61(51-35-40-23-9-12-26-43(40)53-44-27-13-14-32-52(44)62-60(51)53)50-31-16-29-46-55-42-25-11-8-22-39(42)34-48(59(55)64-57(46)50)37-19-5-2-6-20-37/h1-35H. The van der Waals surface area contributed by atoms with Gasteiger partial charge in [-0.1, -0.05) is 176 Å². The molecule has 0 atom stereocenters. The van der Waals surface area contributed by atoms with Gasteiger partial charge in [-0.2, -0.15) is 0 Å². The number of para-hydroxylation sites is 3. The number of hydrogen-bond donors (Lipinski definition) is 0. The van der Waals surface area contributed by atoms with Crippen LogP contribution in [0.2, 0.25) is 0 Å². The van der Waals surface area contributed by atoms with E-state index < -0.39 is 0 Å². The van der Waals surface area contributed by atoms with E-state index in [0.717, 1.165) is 137 Å². The Labute approximate surface area is 366 Å². The Bertz CT molecular complexity index is 4000. The third-order valence-corrected chi connectivity index (χ3v) is 13.2. The molecule has 0 amide bonds. The molecule has 4 heteroatoms. The molecule has 3 heterocycles. The van der Waals surface area contributed by atoms with Gasteiger partial charge in [0.2, 0.25) is 0 Å². The average Bonchev–Trinajstić information content (AvgIpc) is 4.08. The third kappa shape index (κ3) is 4.99. The summed E-state index contributed by atoms with van der Waals surface area (Å²) in [4.78, 5) is 2.32. The predicted octanol–water partition coefficient (Wildman–Crippen LogP) is 17.6. The van der Waals surface area contributed by atoms with Crippen molar-refractivity contribution in [3.8, 4) is 22.3 Å². The topological polar surface area (TPSA) is 42.7 Å². The summed E-state index contributed by atoms with van der Waals surface area (Å²) in [6, 6.07) is 75.1. The fourth-order valence-electron chi connectivity index (χ4n) is 10.4. The van der Waals surface area contributed by atoms with Gasteiger partial charge in [0.25, 0.3) is 0 Å². The van der Waals surface area contributed by atoms with Crippen molar-refractivity contribution in [2.75, 3.05) is 4.90 Å². The first kappa shape index (κ1) is 35.0.